The second-order valence-corrected chi connectivity index (χ2v) is 8.88. The molecular formula is C17H13Br2FN2O2S. The summed E-state index contributed by atoms with van der Waals surface area (Å²) in [6.07, 6.45) is 5.41. The van der Waals surface area contributed by atoms with Crippen molar-refractivity contribution in [3.63, 3.8) is 0 Å². The van der Waals surface area contributed by atoms with Gasteiger partial charge >= 0.3 is 0 Å². The zero-order valence-electron chi connectivity index (χ0n) is 12.8. The number of halogens is 3. The van der Waals surface area contributed by atoms with Crippen molar-refractivity contribution in [2.75, 3.05) is 6.54 Å². The molecule has 1 atom stereocenters. The van der Waals surface area contributed by atoms with Crippen LogP contribution in [-0.2, 0) is 15.4 Å². The lowest BCUT2D eigenvalue weighted by atomic mass is 9.73. The number of primary sulfonamides is 1. The summed E-state index contributed by atoms with van der Waals surface area (Å²) in [5.74, 6) is -0.876. The van der Waals surface area contributed by atoms with E-state index in [1.54, 1.807) is 18.4 Å². The Labute approximate surface area is 162 Å². The van der Waals surface area contributed by atoms with Crippen molar-refractivity contribution < 1.29 is 12.8 Å². The molecule has 0 aromatic heterocycles. The van der Waals surface area contributed by atoms with Gasteiger partial charge in [0.25, 0.3) is 0 Å². The Morgan fingerprint density at radius 2 is 1.76 bits per heavy atom. The summed E-state index contributed by atoms with van der Waals surface area (Å²) < 4.78 is 39.1. The van der Waals surface area contributed by atoms with E-state index in [-0.39, 0.29) is 0 Å². The van der Waals surface area contributed by atoms with Gasteiger partial charge in [-0.1, -0.05) is 18.2 Å². The van der Waals surface area contributed by atoms with Crippen LogP contribution in [0.25, 0.3) is 0 Å². The highest BCUT2D eigenvalue weighted by atomic mass is 79.9. The van der Waals surface area contributed by atoms with Crippen LogP contribution in [0.15, 0.2) is 67.4 Å². The molecule has 0 aliphatic carbocycles. The maximum atomic E-state index is 14.4. The highest BCUT2D eigenvalue weighted by Crippen LogP contribution is 2.39. The summed E-state index contributed by atoms with van der Waals surface area (Å²) in [6.45, 7) is 0.381. The Morgan fingerprint density at radius 1 is 1.08 bits per heavy atom. The first-order valence-electron chi connectivity index (χ1n) is 7.20. The summed E-state index contributed by atoms with van der Waals surface area (Å²) in [4.78, 5) is 3.81. The monoisotopic (exact) mass is 486 g/mol. The highest BCUT2D eigenvalue weighted by Gasteiger charge is 2.34. The number of allylic oxidation sites excluding steroid dienone is 1. The summed E-state index contributed by atoms with van der Waals surface area (Å²) in [5, 5.41) is 5.05. The van der Waals surface area contributed by atoms with Crippen molar-refractivity contribution >= 4 is 48.1 Å². The largest absolute Gasteiger partial charge is 0.292 e. The van der Waals surface area contributed by atoms with Crippen molar-refractivity contribution in [3.8, 4) is 0 Å². The molecule has 0 fully saturated rings. The SMILES string of the molecule is NS(=O)(=O)c1ccc(C2(c3ccc(Br)c(Br)c3)C=CC=NC2)cc1F. The molecule has 2 aromatic carbocycles. The number of dihydropyridines is 1. The zero-order chi connectivity index (χ0) is 18.2. The number of hydrogen-bond acceptors (Lipinski definition) is 3. The van der Waals surface area contributed by atoms with Crippen LogP contribution in [-0.4, -0.2) is 21.2 Å². The van der Waals surface area contributed by atoms with Crippen LogP contribution in [0.3, 0.4) is 0 Å². The van der Waals surface area contributed by atoms with Crippen molar-refractivity contribution in [2.45, 2.75) is 10.3 Å². The van der Waals surface area contributed by atoms with E-state index < -0.39 is 26.2 Å². The van der Waals surface area contributed by atoms with E-state index in [9.17, 15) is 12.8 Å². The van der Waals surface area contributed by atoms with Gasteiger partial charge in [0.2, 0.25) is 10.0 Å². The number of rotatable bonds is 3. The molecule has 25 heavy (non-hydrogen) atoms. The minimum absolute atomic E-state index is 0.381. The van der Waals surface area contributed by atoms with E-state index in [4.69, 9.17) is 5.14 Å². The quantitative estimate of drug-likeness (QED) is 0.712. The topological polar surface area (TPSA) is 72.5 Å². The molecule has 4 nitrogen and oxygen atoms in total. The third-order valence-corrected chi connectivity index (χ3v) is 6.92. The van der Waals surface area contributed by atoms with Gasteiger partial charge in [-0.25, -0.2) is 17.9 Å². The number of nitrogens with two attached hydrogens (primary N) is 1. The van der Waals surface area contributed by atoms with E-state index in [0.29, 0.717) is 12.1 Å². The summed E-state index contributed by atoms with van der Waals surface area (Å²) in [7, 11) is -4.11. The highest BCUT2D eigenvalue weighted by molar-refractivity contribution is 9.13. The van der Waals surface area contributed by atoms with Crippen LogP contribution in [0.2, 0.25) is 0 Å². The smallest absolute Gasteiger partial charge is 0.240 e. The Kier molecular flexibility index (Phi) is 4.98. The second-order valence-electron chi connectivity index (χ2n) is 5.64. The van der Waals surface area contributed by atoms with Gasteiger partial charge in [-0.3, -0.25) is 4.99 Å². The average Bonchev–Trinajstić information content (AvgIpc) is 2.56. The van der Waals surface area contributed by atoms with Crippen molar-refractivity contribution in [1.29, 1.82) is 0 Å². The Balaban J connectivity index is 2.20. The van der Waals surface area contributed by atoms with E-state index in [1.165, 1.54) is 12.1 Å². The van der Waals surface area contributed by atoms with Crippen molar-refractivity contribution in [2.24, 2.45) is 10.1 Å². The Hall–Kier alpha value is -1.35. The van der Waals surface area contributed by atoms with Crippen molar-refractivity contribution in [1.82, 2.24) is 0 Å². The maximum absolute atomic E-state index is 14.4. The molecule has 1 heterocycles. The van der Waals surface area contributed by atoms with E-state index in [1.807, 2.05) is 24.3 Å². The molecule has 0 saturated carbocycles. The van der Waals surface area contributed by atoms with Gasteiger partial charge in [0.15, 0.2) is 0 Å². The molecule has 1 aliphatic heterocycles. The van der Waals surface area contributed by atoms with Gasteiger partial charge in [-0.2, -0.15) is 0 Å². The normalized spacial score (nSPS) is 20.0. The minimum Gasteiger partial charge on any atom is -0.292 e. The molecule has 0 spiro atoms. The molecule has 0 bridgehead atoms. The van der Waals surface area contributed by atoms with Crippen LogP contribution in [0.1, 0.15) is 11.1 Å². The third kappa shape index (κ3) is 3.48. The number of aliphatic imine (C=N–C) groups is 1. The molecule has 3 rings (SSSR count). The van der Waals surface area contributed by atoms with Gasteiger partial charge in [0.1, 0.15) is 10.7 Å². The first-order chi connectivity index (χ1) is 11.7. The molecule has 130 valence electrons. The minimum atomic E-state index is -4.11. The third-order valence-electron chi connectivity index (χ3n) is 4.10. The first-order valence-corrected chi connectivity index (χ1v) is 10.3. The molecular weight excluding hydrogens is 475 g/mol. The predicted octanol–water partition coefficient (Wildman–Crippen LogP) is 3.92. The number of nitrogens with zero attached hydrogens (tertiary/aromatic N) is 1. The lowest BCUT2D eigenvalue weighted by molar-refractivity contribution is 0.561. The van der Waals surface area contributed by atoms with Crippen LogP contribution in [0.5, 0.6) is 0 Å². The number of hydrogen-bond donors (Lipinski definition) is 1. The number of benzene rings is 2. The summed E-state index contributed by atoms with van der Waals surface area (Å²) in [5.41, 5.74) is 0.800. The van der Waals surface area contributed by atoms with Crippen LogP contribution in [0, 0.1) is 5.82 Å². The first kappa shape index (κ1) is 18.4. The standard InChI is InChI=1S/C17H13Br2FN2O2S/c18-13-4-2-11(8-14(13)19)17(6-1-7-22-10-17)12-3-5-16(15(20)9-12)25(21,23)24/h1-9H,10H2,(H2,21,23,24). The molecule has 2 N–H and O–H groups in total. The molecule has 0 saturated heterocycles. The van der Waals surface area contributed by atoms with Crippen molar-refractivity contribution in [3.05, 3.63) is 74.4 Å². The lowest BCUT2D eigenvalue weighted by Crippen LogP contribution is -2.31. The molecule has 0 amide bonds. The molecule has 8 heteroatoms. The lowest BCUT2D eigenvalue weighted by Gasteiger charge is -2.32. The fourth-order valence-corrected chi connectivity index (χ4v) is 4.06. The van der Waals surface area contributed by atoms with Crippen LogP contribution >= 0.6 is 31.9 Å². The van der Waals surface area contributed by atoms with Gasteiger partial charge in [-0.05, 0) is 73.3 Å². The van der Waals surface area contributed by atoms with Gasteiger partial charge in [0, 0.05) is 15.2 Å². The zero-order valence-corrected chi connectivity index (χ0v) is 16.8. The van der Waals surface area contributed by atoms with E-state index in [2.05, 4.69) is 36.9 Å². The number of sulfonamides is 1. The summed E-state index contributed by atoms with van der Waals surface area (Å²) in [6, 6.07) is 9.72. The van der Waals surface area contributed by atoms with Gasteiger partial charge in [-0.15, -0.1) is 0 Å². The molecule has 1 unspecified atom stereocenters. The average molecular weight is 488 g/mol. The van der Waals surface area contributed by atoms with Crippen LogP contribution < -0.4 is 5.14 Å². The van der Waals surface area contributed by atoms with Crippen LogP contribution in [0.4, 0.5) is 4.39 Å². The maximum Gasteiger partial charge on any atom is 0.240 e. The fourth-order valence-electron chi connectivity index (χ4n) is 2.84. The molecule has 0 radical (unpaired) electrons. The van der Waals surface area contributed by atoms with E-state index >= 15 is 0 Å². The van der Waals surface area contributed by atoms with E-state index in [0.717, 1.165) is 14.5 Å². The van der Waals surface area contributed by atoms with Gasteiger partial charge < -0.3 is 0 Å². The predicted molar refractivity (Wildman–Crippen MR) is 103 cm³/mol. The molecule has 1 aliphatic rings. The Morgan fingerprint density at radius 3 is 2.32 bits per heavy atom. The molecule has 2 aromatic rings. The summed E-state index contributed by atoms with van der Waals surface area (Å²) >= 11 is 6.92. The fraction of sp³-hybridized carbons (Fsp3) is 0.118. The second kappa shape index (κ2) is 6.75. The van der Waals surface area contributed by atoms with Gasteiger partial charge in [0.05, 0.1) is 12.0 Å². The Bertz CT molecular complexity index is 1010.